The number of hydrogen-bond acceptors (Lipinski definition) is 5. The van der Waals surface area contributed by atoms with Crippen LogP contribution in [0.2, 0.25) is 0 Å². The van der Waals surface area contributed by atoms with E-state index in [0.717, 1.165) is 9.87 Å². The summed E-state index contributed by atoms with van der Waals surface area (Å²) in [6.07, 6.45) is 0. The van der Waals surface area contributed by atoms with Crippen molar-refractivity contribution >= 4 is 27.4 Å². The Balaban J connectivity index is 1.60. The zero-order valence-corrected chi connectivity index (χ0v) is 18.9. The second kappa shape index (κ2) is 10.4. The van der Waals surface area contributed by atoms with Gasteiger partial charge in [0.2, 0.25) is 15.9 Å². The maximum Gasteiger partial charge on any atom is 0.243 e. The van der Waals surface area contributed by atoms with Crippen LogP contribution in [0.4, 0.5) is 10.1 Å². The summed E-state index contributed by atoms with van der Waals surface area (Å²) in [5.74, 6) is -0.713. The molecule has 0 unspecified atom stereocenters. The van der Waals surface area contributed by atoms with Gasteiger partial charge in [-0.1, -0.05) is 30.3 Å². The minimum atomic E-state index is -3.91. The summed E-state index contributed by atoms with van der Waals surface area (Å²) >= 11 is 0. The summed E-state index contributed by atoms with van der Waals surface area (Å²) in [4.78, 5) is 23.8. The Hall–Kier alpha value is -3.56. The third-order valence-electron chi connectivity index (χ3n) is 4.75. The number of benzene rings is 3. The number of hydrogen-bond donors (Lipinski definition) is 1. The molecule has 0 spiro atoms. The van der Waals surface area contributed by atoms with Gasteiger partial charge in [-0.15, -0.1) is 0 Å². The predicted molar refractivity (Wildman–Crippen MR) is 122 cm³/mol. The highest BCUT2D eigenvalue weighted by Crippen LogP contribution is 2.18. The standard InChI is InChI=1S/C24H23FN2O5S/c1-17(28)19-9-11-23(12-10-19)33(30,31)27(2)15-24(29)26-21-7-3-5-18(13-21)16-32-22-8-4-6-20(25)14-22/h3-14H,15-16H2,1-2H3,(H,26,29). The van der Waals surface area contributed by atoms with Gasteiger partial charge in [-0.05, 0) is 48.9 Å². The Morgan fingerprint density at radius 2 is 1.70 bits per heavy atom. The fourth-order valence-electron chi connectivity index (χ4n) is 2.99. The largest absolute Gasteiger partial charge is 0.489 e. The average Bonchev–Trinajstić information content (AvgIpc) is 2.78. The van der Waals surface area contributed by atoms with E-state index in [-0.39, 0.29) is 17.3 Å². The van der Waals surface area contributed by atoms with Crippen molar-refractivity contribution in [2.45, 2.75) is 18.4 Å². The summed E-state index contributed by atoms with van der Waals surface area (Å²) in [6, 6.07) is 18.2. The average molecular weight is 471 g/mol. The fourth-order valence-corrected chi connectivity index (χ4v) is 4.12. The number of likely N-dealkylation sites (N-methyl/N-ethyl adjacent to an activating group) is 1. The third-order valence-corrected chi connectivity index (χ3v) is 6.57. The number of amides is 1. The van der Waals surface area contributed by atoms with Gasteiger partial charge in [0.1, 0.15) is 18.2 Å². The van der Waals surface area contributed by atoms with Crippen molar-refractivity contribution in [2.75, 3.05) is 18.9 Å². The summed E-state index contributed by atoms with van der Waals surface area (Å²) in [5, 5.41) is 2.66. The summed E-state index contributed by atoms with van der Waals surface area (Å²) < 4.78 is 45.2. The number of sulfonamides is 1. The zero-order chi connectivity index (χ0) is 24.0. The van der Waals surface area contributed by atoms with Crippen LogP contribution in [0, 0.1) is 5.82 Å². The first-order valence-corrected chi connectivity index (χ1v) is 11.4. The van der Waals surface area contributed by atoms with Crippen molar-refractivity contribution in [3.8, 4) is 5.75 Å². The van der Waals surface area contributed by atoms with Gasteiger partial charge in [0, 0.05) is 24.4 Å². The Kier molecular flexibility index (Phi) is 7.57. The van der Waals surface area contributed by atoms with E-state index >= 15 is 0 Å². The number of ketones is 1. The summed E-state index contributed by atoms with van der Waals surface area (Å²) in [6.45, 7) is 1.15. The molecule has 1 N–H and O–H groups in total. The second-order valence-electron chi connectivity index (χ2n) is 7.34. The number of rotatable bonds is 9. The molecule has 172 valence electrons. The number of Topliss-reactive ketones (excluding diaryl/α,β-unsaturated/α-hetero) is 1. The molecule has 33 heavy (non-hydrogen) atoms. The van der Waals surface area contributed by atoms with Gasteiger partial charge in [0.05, 0.1) is 11.4 Å². The molecule has 0 fully saturated rings. The van der Waals surface area contributed by atoms with Crippen molar-refractivity contribution in [2.24, 2.45) is 0 Å². The van der Waals surface area contributed by atoms with Crippen LogP contribution in [0.25, 0.3) is 0 Å². The van der Waals surface area contributed by atoms with E-state index in [9.17, 15) is 22.4 Å². The van der Waals surface area contributed by atoms with Gasteiger partial charge in [-0.2, -0.15) is 4.31 Å². The van der Waals surface area contributed by atoms with Gasteiger partial charge >= 0.3 is 0 Å². The maximum atomic E-state index is 13.3. The molecule has 0 atom stereocenters. The van der Waals surface area contributed by atoms with E-state index in [1.54, 1.807) is 36.4 Å². The third kappa shape index (κ3) is 6.47. The molecule has 7 nitrogen and oxygen atoms in total. The molecule has 0 aliphatic heterocycles. The smallest absolute Gasteiger partial charge is 0.243 e. The molecule has 0 aliphatic rings. The lowest BCUT2D eigenvalue weighted by molar-refractivity contribution is -0.116. The fraction of sp³-hybridized carbons (Fsp3) is 0.167. The Bertz CT molecular complexity index is 1260. The molecule has 0 aromatic heterocycles. The van der Waals surface area contributed by atoms with Gasteiger partial charge in [0.15, 0.2) is 5.78 Å². The minimum Gasteiger partial charge on any atom is -0.489 e. The molecule has 9 heteroatoms. The minimum absolute atomic E-state index is 0.0145. The van der Waals surface area contributed by atoms with E-state index in [1.165, 1.54) is 50.4 Å². The molecule has 3 rings (SSSR count). The first-order valence-electron chi connectivity index (χ1n) is 9.99. The molecule has 3 aromatic rings. The quantitative estimate of drug-likeness (QED) is 0.480. The van der Waals surface area contributed by atoms with E-state index in [4.69, 9.17) is 4.74 Å². The van der Waals surface area contributed by atoms with Crippen molar-refractivity contribution < 1.29 is 27.1 Å². The number of halogens is 1. The molecule has 0 saturated heterocycles. The topological polar surface area (TPSA) is 92.8 Å². The number of carbonyl (C=O) groups excluding carboxylic acids is 2. The molecule has 0 bridgehead atoms. The van der Waals surface area contributed by atoms with E-state index < -0.39 is 28.3 Å². The number of nitrogens with one attached hydrogen (secondary N) is 1. The summed E-state index contributed by atoms with van der Waals surface area (Å²) in [7, 11) is -2.61. The highest BCUT2D eigenvalue weighted by Gasteiger charge is 2.23. The van der Waals surface area contributed by atoms with Crippen molar-refractivity contribution in [3.63, 3.8) is 0 Å². The van der Waals surface area contributed by atoms with Crippen LogP contribution in [-0.2, 0) is 21.4 Å². The summed E-state index contributed by atoms with van der Waals surface area (Å²) in [5.41, 5.74) is 1.61. The molecule has 0 radical (unpaired) electrons. The molecule has 0 saturated carbocycles. The number of ether oxygens (including phenoxy) is 1. The van der Waals surface area contributed by atoms with E-state index in [2.05, 4.69) is 5.32 Å². The predicted octanol–water partition coefficient (Wildman–Crippen LogP) is 3.87. The lowest BCUT2D eigenvalue weighted by Crippen LogP contribution is -2.35. The van der Waals surface area contributed by atoms with Crippen molar-refractivity contribution in [1.82, 2.24) is 4.31 Å². The number of anilines is 1. The molecular weight excluding hydrogens is 447 g/mol. The second-order valence-corrected chi connectivity index (χ2v) is 9.38. The first kappa shape index (κ1) is 24.1. The number of nitrogens with zero attached hydrogens (tertiary/aromatic N) is 1. The molecule has 0 heterocycles. The van der Waals surface area contributed by atoms with Crippen LogP contribution in [0.1, 0.15) is 22.8 Å². The maximum absolute atomic E-state index is 13.3. The van der Waals surface area contributed by atoms with Gasteiger partial charge in [-0.3, -0.25) is 9.59 Å². The van der Waals surface area contributed by atoms with E-state index in [0.29, 0.717) is 17.0 Å². The highest BCUT2D eigenvalue weighted by molar-refractivity contribution is 7.89. The molecule has 0 aliphatic carbocycles. The van der Waals surface area contributed by atoms with Crippen molar-refractivity contribution in [3.05, 3.63) is 89.7 Å². The van der Waals surface area contributed by atoms with Crippen molar-refractivity contribution in [1.29, 1.82) is 0 Å². The highest BCUT2D eigenvalue weighted by atomic mass is 32.2. The lowest BCUT2D eigenvalue weighted by atomic mass is 10.2. The van der Waals surface area contributed by atoms with Crippen LogP contribution < -0.4 is 10.1 Å². The molecular formula is C24H23FN2O5S. The van der Waals surface area contributed by atoms with E-state index in [1.807, 2.05) is 0 Å². The van der Waals surface area contributed by atoms with Crippen LogP contribution in [0.15, 0.2) is 77.7 Å². The molecule has 3 aromatic carbocycles. The Morgan fingerprint density at radius 1 is 1.00 bits per heavy atom. The van der Waals surface area contributed by atoms with Gasteiger partial charge in [-0.25, -0.2) is 12.8 Å². The van der Waals surface area contributed by atoms with Gasteiger partial charge < -0.3 is 10.1 Å². The number of carbonyl (C=O) groups is 2. The van der Waals surface area contributed by atoms with Crippen LogP contribution >= 0.6 is 0 Å². The lowest BCUT2D eigenvalue weighted by Gasteiger charge is -2.17. The van der Waals surface area contributed by atoms with Crippen LogP contribution in [-0.4, -0.2) is 38.0 Å². The SMILES string of the molecule is CC(=O)c1ccc(S(=O)(=O)N(C)CC(=O)Nc2cccc(COc3cccc(F)c3)c2)cc1. The normalized spacial score (nSPS) is 11.3. The van der Waals surface area contributed by atoms with Gasteiger partial charge in [0.25, 0.3) is 0 Å². The Labute approximate surface area is 191 Å². The monoisotopic (exact) mass is 470 g/mol. The first-order chi connectivity index (χ1) is 15.6. The Morgan fingerprint density at radius 3 is 2.36 bits per heavy atom. The van der Waals surface area contributed by atoms with Crippen LogP contribution in [0.5, 0.6) is 5.75 Å². The zero-order valence-electron chi connectivity index (χ0n) is 18.1. The molecule has 1 amide bonds. The van der Waals surface area contributed by atoms with Crippen LogP contribution in [0.3, 0.4) is 0 Å².